The number of pyridine rings is 1. The molecular formula is C28H24N4O4. The molecule has 8 nitrogen and oxygen atoms in total. The molecule has 1 aliphatic heterocycles. The van der Waals surface area contributed by atoms with E-state index in [1.807, 2.05) is 31.2 Å². The second-order valence-corrected chi connectivity index (χ2v) is 8.96. The molecule has 3 aromatic carbocycles. The molecule has 0 bridgehead atoms. The number of amides is 3. The topological polar surface area (TPSA) is 113 Å². The van der Waals surface area contributed by atoms with Gasteiger partial charge in [-0.2, -0.15) is 0 Å². The number of nitrogens with one attached hydrogen (secondary N) is 2. The van der Waals surface area contributed by atoms with E-state index in [-0.39, 0.29) is 18.0 Å². The molecule has 0 saturated carbocycles. The summed E-state index contributed by atoms with van der Waals surface area (Å²) in [6, 6.07) is 21.1. The first kappa shape index (κ1) is 23.0. The Hall–Kier alpha value is -4.72. The van der Waals surface area contributed by atoms with E-state index in [4.69, 9.17) is 0 Å². The van der Waals surface area contributed by atoms with E-state index >= 15 is 0 Å². The number of hydrogen-bond donors (Lipinski definition) is 3. The first-order valence-electron chi connectivity index (χ1n) is 11.4. The van der Waals surface area contributed by atoms with Crippen molar-refractivity contribution in [2.75, 3.05) is 0 Å². The van der Waals surface area contributed by atoms with Gasteiger partial charge in [0.15, 0.2) is 0 Å². The normalized spacial score (nSPS) is 17.5. The number of carbonyl (C=O) groups is 2. The van der Waals surface area contributed by atoms with Crippen molar-refractivity contribution in [1.29, 1.82) is 0 Å². The highest BCUT2D eigenvalue weighted by Gasteiger charge is 2.43. The zero-order chi connectivity index (χ0) is 25.4. The number of aliphatic imine (C=N–C) groups is 1. The third-order valence-electron chi connectivity index (χ3n) is 6.44. The van der Waals surface area contributed by atoms with Crippen molar-refractivity contribution in [1.82, 2.24) is 15.2 Å². The third-order valence-corrected chi connectivity index (χ3v) is 6.44. The number of rotatable bonds is 5. The molecule has 180 valence electrons. The quantitative estimate of drug-likeness (QED) is 0.299. The van der Waals surface area contributed by atoms with Crippen LogP contribution in [-0.2, 0) is 16.9 Å². The molecule has 0 spiro atoms. The van der Waals surface area contributed by atoms with E-state index in [1.165, 1.54) is 4.57 Å². The van der Waals surface area contributed by atoms with Gasteiger partial charge in [0.2, 0.25) is 5.88 Å². The van der Waals surface area contributed by atoms with Crippen molar-refractivity contribution in [3.63, 3.8) is 0 Å². The van der Waals surface area contributed by atoms with E-state index in [2.05, 4.69) is 15.6 Å². The molecule has 1 fully saturated rings. The molecule has 4 aromatic rings. The summed E-state index contributed by atoms with van der Waals surface area (Å²) in [5.41, 5.74) is 2.00. The van der Waals surface area contributed by atoms with Gasteiger partial charge < -0.3 is 10.4 Å². The van der Waals surface area contributed by atoms with E-state index < -0.39 is 17.5 Å². The average molecular weight is 481 g/mol. The number of imide groups is 1. The highest BCUT2D eigenvalue weighted by Crippen LogP contribution is 2.27. The number of aromatic hydroxyl groups is 1. The molecule has 5 rings (SSSR count). The maximum atomic E-state index is 13.2. The number of hydrogen-bond acceptors (Lipinski definition) is 5. The van der Waals surface area contributed by atoms with E-state index in [0.29, 0.717) is 27.6 Å². The fourth-order valence-corrected chi connectivity index (χ4v) is 4.39. The Kier molecular flexibility index (Phi) is 5.64. The van der Waals surface area contributed by atoms with Gasteiger partial charge >= 0.3 is 6.03 Å². The van der Waals surface area contributed by atoms with Gasteiger partial charge in [0.25, 0.3) is 11.5 Å². The number of fused-ring (bicyclic) bond motifs is 1. The van der Waals surface area contributed by atoms with Crippen LogP contribution in [0.2, 0.25) is 0 Å². The Labute approximate surface area is 206 Å². The molecule has 1 aromatic heterocycles. The van der Waals surface area contributed by atoms with Crippen LogP contribution in [-0.4, -0.2) is 27.8 Å². The predicted octanol–water partition coefficient (Wildman–Crippen LogP) is 3.68. The predicted molar refractivity (Wildman–Crippen MR) is 138 cm³/mol. The van der Waals surface area contributed by atoms with Gasteiger partial charge in [-0.05, 0) is 43.2 Å². The minimum atomic E-state index is -1.16. The molecule has 2 heterocycles. The molecule has 0 radical (unpaired) electrons. The van der Waals surface area contributed by atoms with E-state index in [9.17, 15) is 19.5 Å². The lowest BCUT2D eigenvalue weighted by Gasteiger charge is -2.21. The van der Waals surface area contributed by atoms with E-state index in [1.54, 1.807) is 61.7 Å². The first-order valence-corrected chi connectivity index (χ1v) is 11.4. The molecule has 1 atom stereocenters. The number of urea groups is 1. The molecule has 3 N–H and O–H groups in total. The summed E-state index contributed by atoms with van der Waals surface area (Å²) in [6.07, 6.45) is 1.56. The fourth-order valence-electron chi connectivity index (χ4n) is 4.39. The van der Waals surface area contributed by atoms with Crippen molar-refractivity contribution >= 4 is 28.9 Å². The summed E-state index contributed by atoms with van der Waals surface area (Å²) in [6.45, 7) is 3.86. The number of benzene rings is 3. The summed E-state index contributed by atoms with van der Waals surface area (Å²) in [4.78, 5) is 41.7. The summed E-state index contributed by atoms with van der Waals surface area (Å²) < 4.78 is 1.28. The van der Waals surface area contributed by atoms with E-state index in [0.717, 1.165) is 11.1 Å². The Balaban J connectivity index is 1.52. The van der Waals surface area contributed by atoms with Gasteiger partial charge in [-0.3, -0.25) is 19.9 Å². The van der Waals surface area contributed by atoms with Gasteiger partial charge in [0, 0.05) is 17.0 Å². The van der Waals surface area contributed by atoms with Gasteiger partial charge in [-0.1, -0.05) is 60.2 Å². The lowest BCUT2D eigenvalue weighted by atomic mass is 9.91. The standard InChI is InChI=1S/C28H24N4O4/c1-17-10-12-20(13-11-17)32-24(33)22-9-4-3-8-21(22)23(25(32)34)16-29-15-18-6-5-7-19(14-18)28(2)26(35)30-27(36)31-28/h3-14,16,34H,15H2,1-2H3,(H2,30,31,35,36). The van der Waals surface area contributed by atoms with Crippen molar-refractivity contribution in [3.05, 3.63) is 105 Å². The van der Waals surface area contributed by atoms with Crippen LogP contribution in [0.1, 0.15) is 29.2 Å². The van der Waals surface area contributed by atoms with Crippen LogP contribution in [0.25, 0.3) is 16.5 Å². The second kappa shape index (κ2) is 8.81. The molecule has 1 saturated heterocycles. The number of aromatic nitrogens is 1. The Morgan fingerprint density at radius 3 is 2.39 bits per heavy atom. The minimum Gasteiger partial charge on any atom is -0.494 e. The maximum Gasteiger partial charge on any atom is 0.322 e. The maximum absolute atomic E-state index is 13.2. The zero-order valence-corrected chi connectivity index (χ0v) is 19.8. The van der Waals surface area contributed by atoms with Crippen LogP contribution in [0, 0.1) is 6.92 Å². The van der Waals surface area contributed by atoms with Gasteiger partial charge in [0.1, 0.15) is 5.54 Å². The monoisotopic (exact) mass is 480 g/mol. The molecule has 1 unspecified atom stereocenters. The SMILES string of the molecule is Cc1ccc(-n2c(O)c(C=NCc3cccc(C4(C)NC(=O)NC4=O)c3)c3ccccc3c2=O)cc1. The highest BCUT2D eigenvalue weighted by atomic mass is 16.3. The number of carbonyl (C=O) groups excluding carboxylic acids is 2. The van der Waals surface area contributed by atoms with Crippen molar-refractivity contribution in [2.24, 2.45) is 4.99 Å². The minimum absolute atomic E-state index is 0.196. The molecule has 3 amide bonds. The van der Waals surface area contributed by atoms with Crippen molar-refractivity contribution < 1.29 is 14.7 Å². The lowest BCUT2D eigenvalue weighted by molar-refractivity contribution is -0.123. The van der Waals surface area contributed by atoms with Crippen LogP contribution in [0.3, 0.4) is 0 Å². The van der Waals surface area contributed by atoms with Gasteiger partial charge in [0.05, 0.1) is 17.8 Å². The number of nitrogens with zero attached hydrogens (tertiary/aromatic N) is 2. The van der Waals surface area contributed by atoms with Crippen LogP contribution < -0.4 is 16.2 Å². The van der Waals surface area contributed by atoms with Crippen LogP contribution in [0.15, 0.2) is 82.6 Å². The van der Waals surface area contributed by atoms with Crippen LogP contribution in [0.4, 0.5) is 4.79 Å². The molecular weight excluding hydrogens is 456 g/mol. The highest BCUT2D eigenvalue weighted by molar-refractivity contribution is 6.07. The largest absolute Gasteiger partial charge is 0.494 e. The Bertz CT molecular complexity index is 1600. The van der Waals surface area contributed by atoms with Crippen LogP contribution in [0.5, 0.6) is 5.88 Å². The second-order valence-electron chi connectivity index (χ2n) is 8.96. The van der Waals surface area contributed by atoms with Crippen molar-refractivity contribution in [3.8, 4) is 11.6 Å². The fraction of sp³-hybridized carbons (Fsp3) is 0.143. The van der Waals surface area contributed by atoms with Gasteiger partial charge in [-0.15, -0.1) is 0 Å². The molecule has 1 aliphatic rings. The Morgan fingerprint density at radius 2 is 1.69 bits per heavy atom. The summed E-state index contributed by atoms with van der Waals surface area (Å²) in [7, 11) is 0. The summed E-state index contributed by atoms with van der Waals surface area (Å²) in [5.74, 6) is -0.610. The number of aryl methyl sites for hydroxylation is 1. The molecule has 0 aliphatic carbocycles. The zero-order valence-electron chi connectivity index (χ0n) is 19.8. The van der Waals surface area contributed by atoms with Gasteiger partial charge in [-0.25, -0.2) is 9.36 Å². The molecule has 8 heteroatoms. The lowest BCUT2D eigenvalue weighted by Crippen LogP contribution is -2.40. The summed E-state index contributed by atoms with van der Waals surface area (Å²) in [5, 5.41) is 17.1. The first-order chi connectivity index (χ1) is 17.3. The Morgan fingerprint density at radius 1 is 0.972 bits per heavy atom. The third kappa shape index (κ3) is 3.92. The summed E-state index contributed by atoms with van der Waals surface area (Å²) >= 11 is 0. The molecule has 36 heavy (non-hydrogen) atoms. The average Bonchev–Trinajstić information content (AvgIpc) is 3.14. The smallest absolute Gasteiger partial charge is 0.322 e. The van der Waals surface area contributed by atoms with Crippen LogP contribution >= 0.6 is 0 Å². The van der Waals surface area contributed by atoms with Crippen molar-refractivity contribution in [2.45, 2.75) is 25.9 Å².